The molecule has 0 bridgehead atoms. The van der Waals surface area contributed by atoms with Crippen molar-refractivity contribution in [3.8, 4) is 0 Å². The molecule has 0 aliphatic rings. The Morgan fingerprint density at radius 2 is 0.407 bits per heavy atom. The first-order chi connectivity index (χ1) is 38.1. The molecule has 0 heterocycles. The third-order valence-electron chi connectivity index (χ3n) is 11.1. The number of hydrogen-bond donors (Lipinski definition) is 22. The molecule has 0 aliphatic carbocycles. The van der Waals surface area contributed by atoms with Crippen molar-refractivity contribution >= 4 is 89.0 Å². The third-order valence-corrected chi connectivity index (χ3v) is 11.1. The molecule has 0 saturated carbocycles. The summed E-state index contributed by atoms with van der Waals surface area (Å²) in [7, 11) is 0. The van der Waals surface area contributed by atoms with Gasteiger partial charge in [-0.15, -0.1) is 0 Å². The lowest BCUT2D eigenvalue weighted by molar-refractivity contribution is -0.136. The Hall–Kier alpha value is -9.35. The molecule has 0 radical (unpaired) electrons. The quantitative estimate of drug-likeness (QED) is 0.0153. The highest BCUT2D eigenvalue weighted by atomic mass is 16.2. The zero-order valence-corrected chi connectivity index (χ0v) is 45.9. The lowest BCUT2D eigenvalue weighted by Gasteiger charge is -2.28. The van der Waals surface area contributed by atoms with Gasteiger partial charge in [-0.3, -0.25) is 73.3 Å². The molecule has 37 N–H and O–H groups in total. The molecular weight excluding hydrogens is 1060 g/mol. The van der Waals surface area contributed by atoms with Gasteiger partial charge >= 0.3 is 0 Å². The maximum absolute atomic E-state index is 14.5. The van der Waals surface area contributed by atoms with Crippen LogP contribution < -0.4 is 123 Å². The van der Waals surface area contributed by atoms with Gasteiger partial charge in [-0.2, -0.15) is 0 Å². The van der Waals surface area contributed by atoms with E-state index in [1.807, 2.05) is 0 Å². The first kappa shape index (κ1) is 71.7. The Morgan fingerprint density at radius 1 is 0.259 bits per heavy atom. The number of hydrogen-bond acceptors (Lipinski definition) is 15. The van der Waals surface area contributed by atoms with E-state index in [-0.39, 0.29) is 177 Å². The number of primary amides is 1. The van der Waals surface area contributed by atoms with Gasteiger partial charge in [0.1, 0.15) is 42.3 Å². The van der Waals surface area contributed by atoms with Crippen LogP contribution in [-0.2, 0) is 38.4 Å². The molecule has 458 valence electrons. The number of amides is 8. The molecule has 0 fully saturated rings. The number of rotatable bonds is 42. The Bertz CT molecular complexity index is 2230. The second-order valence-corrected chi connectivity index (χ2v) is 18.2. The van der Waals surface area contributed by atoms with Crippen LogP contribution in [0.4, 0.5) is 0 Å². The fourth-order valence-corrected chi connectivity index (χ4v) is 7.30. The summed E-state index contributed by atoms with van der Waals surface area (Å²) in [5.74, 6) is -8.23. The van der Waals surface area contributed by atoms with Gasteiger partial charge < -0.3 is 123 Å². The Kier molecular flexibility index (Phi) is 36.1. The number of carbonyl (C=O) groups is 8. The number of nitrogens with one attached hydrogen (secondary N) is 7. The van der Waals surface area contributed by atoms with E-state index in [4.69, 9.17) is 86.0 Å². The Balaban J connectivity index is 7.31. The predicted octanol–water partition coefficient (Wildman–Crippen LogP) is -10.7. The largest absolute Gasteiger partial charge is 0.370 e. The van der Waals surface area contributed by atoms with Crippen molar-refractivity contribution in [3.63, 3.8) is 0 Å². The Labute approximate surface area is 469 Å². The molecule has 0 saturated heterocycles. The van der Waals surface area contributed by atoms with E-state index in [9.17, 15) is 38.4 Å². The van der Waals surface area contributed by atoms with E-state index in [0.717, 1.165) is 0 Å². The van der Waals surface area contributed by atoms with Gasteiger partial charge in [0.05, 0.1) is 0 Å². The molecule has 0 rings (SSSR count). The summed E-state index contributed by atoms with van der Waals surface area (Å²) in [5.41, 5.74) is 82.5. The molecule has 0 aromatic rings. The summed E-state index contributed by atoms with van der Waals surface area (Å²) in [6.07, 6.45) is 0.521. The summed E-state index contributed by atoms with van der Waals surface area (Å²) in [6, 6.07) is -9.47. The van der Waals surface area contributed by atoms with Gasteiger partial charge in [-0.05, 0) is 89.9 Å². The van der Waals surface area contributed by atoms with Gasteiger partial charge in [0, 0.05) is 52.7 Å². The SMILES string of the molecule is CC(=O)N[C@@H](CCCN=C(N)N)C(=O)N[C@@H](CCCN=C(N)N)C(=O)N[C@@H](CCCN=C(N)N)C(=O)N[C@@H](CCCN=C(N)N)C(=O)N[C@@H](CCCN=C(N)N)C(=O)N[C@@H](CCCN=C(N)N)C(=O)N[C@@H](CCCN=C(N)N)C(N)=O. The topological polar surface area (TPSA) is 698 Å². The van der Waals surface area contributed by atoms with E-state index in [2.05, 4.69) is 72.2 Å². The fraction of sp³-hybridized carbons (Fsp3) is 0.659. The molecule has 81 heavy (non-hydrogen) atoms. The second-order valence-electron chi connectivity index (χ2n) is 18.2. The molecule has 0 unspecified atom stereocenters. The molecule has 7 atom stereocenters. The number of aliphatic imine (C=N–C) groups is 7. The molecule has 37 nitrogen and oxygen atoms in total. The molecule has 0 aromatic heterocycles. The number of nitrogens with zero attached hydrogens (tertiary/aromatic N) is 7. The van der Waals surface area contributed by atoms with Crippen LogP contribution in [0.2, 0.25) is 0 Å². The fourth-order valence-electron chi connectivity index (χ4n) is 7.30. The van der Waals surface area contributed by atoms with E-state index < -0.39 is 89.6 Å². The van der Waals surface area contributed by atoms with Gasteiger partial charge in [-0.1, -0.05) is 0 Å². The predicted molar refractivity (Wildman–Crippen MR) is 308 cm³/mol. The average Bonchev–Trinajstić information content (AvgIpc) is 3.36. The van der Waals surface area contributed by atoms with E-state index in [1.165, 1.54) is 6.92 Å². The minimum atomic E-state index is -1.47. The minimum Gasteiger partial charge on any atom is -0.370 e. The smallest absolute Gasteiger partial charge is 0.243 e. The molecule has 37 heteroatoms. The summed E-state index contributed by atoms with van der Waals surface area (Å²) in [5, 5.41) is 18.3. The van der Waals surface area contributed by atoms with Crippen LogP contribution in [-0.4, -0.2) is 177 Å². The van der Waals surface area contributed by atoms with Crippen molar-refractivity contribution in [1.29, 1.82) is 0 Å². The second kappa shape index (κ2) is 40.8. The van der Waals surface area contributed by atoms with Gasteiger partial charge in [0.2, 0.25) is 47.3 Å². The van der Waals surface area contributed by atoms with Crippen LogP contribution in [0.5, 0.6) is 0 Å². The minimum absolute atomic E-state index is 0.00605. The highest BCUT2D eigenvalue weighted by molar-refractivity contribution is 5.97. The van der Waals surface area contributed by atoms with Crippen LogP contribution in [0.25, 0.3) is 0 Å². The van der Waals surface area contributed by atoms with Crippen LogP contribution in [0.15, 0.2) is 34.9 Å². The van der Waals surface area contributed by atoms with Crippen molar-refractivity contribution in [2.24, 2.45) is 121 Å². The maximum atomic E-state index is 14.5. The molecule has 8 amide bonds. The first-order valence-corrected chi connectivity index (χ1v) is 25.9. The average molecular weight is 1150 g/mol. The van der Waals surface area contributed by atoms with Crippen LogP contribution >= 0.6 is 0 Å². The van der Waals surface area contributed by atoms with Crippen molar-refractivity contribution in [2.45, 2.75) is 139 Å². The van der Waals surface area contributed by atoms with Crippen molar-refractivity contribution in [1.82, 2.24) is 37.2 Å². The standard InChI is InChI=1S/C44H89N29O8/c1-23(74)67-25(10-3-17-61-39(48)49)32(76)69-27(12-5-19-63-41(52)53)34(78)71-29(14-7-21-65-43(56)57)36(80)73-30(15-8-22-66-44(58)59)37(81)72-28(13-6-20-64-42(54)55)35(79)70-26(11-4-18-62-40(50)51)33(77)68-24(31(45)75)9-2-16-60-38(46)47/h24-30H,2-22H2,1H3,(H2,45,75)(H,67,74)(H,68,77)(H,69,76)(H,70,79)(H,71,78)(H,72,81)(H,73,80)(H4,46,47,60)(H4,48,49,61)(H4,50,51,62)(H4,52,53,63)(H4,54,55,64)(H4,56,57,65)(H4,58,59,66)/t24-,25-,26-,27-,28-,29-,30-/m0/s1. The van der Waals surface area contributed by atoms with Gasteiger partial charge in [-0.25, -0.2) is 0 Å². The lowest BCUT2D eigenvalue weighted by Crippen LogP contribution is -2.60. The number of guanidine groups is 7. The normalized spacial score (nSPS) is 13.1. The molecule has 0 aromatic carbocycles. The highest BCUT2D eigenvalue weighted by Gasteiger charge is 2.34. The van der Waals surface area contributed by atoms with E-state index >= 15 is 0 Å². The Morgan fingerprint density at radius 3 is 0.556 bits per heavy atom. The molecule has 0 spiro atoms. The van der Waals surface area contributed by atoms with Crippen molar-refractivity contribution in [2.75, 3.05) is 45.8 Å². The zero-order chi connectivity index (χ0) is 61.5. The summed E-state index contributed by atoms with van der Waals surface area (Å²) in [6.45, 7) is 1.47. The number of carbonyl (C=O) groups excluding carboxylic acids is 8. The van der Waals surface area contributed by atoms with Crippen molar-refractivity contribution in [3.05, 3.63) is 0 Å². The molecular formula is C44H89N29O8. The van der Waals surface area contributed by atoms with Crippen molar-refractivity contribution < 1.29 is 38.4 Å². The van der Waals surface area contributed by atoms with E-state index in [1.54, 1.807) is 0 Å². The maximum Gasteiger partial charge on any atom is 0.243 e. The highest BCUT2D eigenvalue weighted by Crippen LogP contribution is 2.11. The summed E-state index contributed by atoms with van der Waals surface area (Å²) < 4.78 is 0. The lowest BCUT2D eigenvalue weighted by atomic mass is 10.0. The molecule has 0 aliphatic heterocycles. The van der Waals surface area contributed by atoms with E-state index in [0.29, 0.717) is 0 Å². The van der Waals surface area contributed by atoms with Crippen LogP contribution in [0.3, 0.4) is 0 Å². The first-order valence-electron chi connectivity index (χ1n) is 25.9. The number of nitrogens with two attached hydrogens (primary N) is 15. The van der Waals surface area contributed by atoms with Gasteiger partial charge in [0.25, 0.3) is 0 Å². The monoisotopic (exact) mass is 1150 g/mol. The summed E-state index contributed by atoms with van der Waals surface area (Å²) >= 11 is 0. The van der Waals surface area contributed by atoms with Gasteiger partial charge in [0.15, 0.2) is 41.7 Å². The zero-order valence-electron chi connectivity index (χ0n) is 45.9. The third kappa shape index (κ3) is 36.4. The summed E-state index contributed by atoms with van der Waals surface area (Å²) in [4.78, 5) is 137. The van der Waals surface area contributed by atoms with Crippen LogP contribution in [0, 0.1) is 0 Å². The van der Waals surface area contributed by atoms with Crippen LogP contribution in [0.1, 0.15) is 96.8 Å².